The van der Waals surface area contributed by atoms with Gasteiger partial charge in [0.2, 0.25) is 0 Å². The van der Waals surface area contributed by atoms with E-state index in [1.807, 2.05) is 7.05 Å². The summed E-state index contributed by atoms with van der Waals surface area (Å²) in [6.07, 6.45) is 6.24. The monoisotopic (exact) mass is 208 g/mol. The second-order valence-electron chi connectivity index (χ2n) is 4.31. The van der Waals surface area contributed by atoms with Gasteiger partial charge in [-0.05, 0) is 26.3 Å². The van der Waals surface area contributed by atoms with Crippen molar-refractivity contribution < 1.29 is 0 Å². The third-order valence-corrected chi connectivity index (χ3v) is 3.33. The van der Waals surface area contributed by atoms with Crippen molar-refractivity contribution in [3.8, 4) is 0 Å². The molecule has 1 aromatic rings. The number of nitrogens with one attached hydrogen (secondary N) is 2. The van der Waals surface area contributed by atoms with Crippen molar-refractivity contribution in [2.75, 3.05) is 7.05 Å². The number of hydrogen-bond acceptors (Lipinski definition) is 3. The van der Waals surface area contributed by atoms with E-state index in [1.54, 1.807) is 0 Å². The molecule has 2 rings (SSSR count). The van der Waals surface area contributed by atoms with Gasteiger partial charge in [-0.2, -0.15) is 5.10 Å². The van der Waals surface area contributed by atoms with Crippen molar-refractivity contribution >= 4 is 0 Å². The lowest BCUT2D eigenvalue weighted by Gasteiger charge is -2.08. The number of hydrogen-bond donors (Lipinski definition) is 2. The van der Waals surface area contributed by atoms with Crippen LogP contribution in [0.1, 0.15) is 62.6 Å². The zero-order valence-corrected chi connectivity index (χ0v) is 9.58. The number of rotatable bonds is 4. The van der Waals surface area contributed by atoms with Crippen molar-refractivity contribution in [1.29, 1.82) is 0 Å². The molecular weight excluding hydrogens is 188 g/mol. The van der Waals surface area contributed by atoms with Crippen molar-refractivity contribution in [3.05, 3.63) is 11.6 Å². The molecule has 0 spiro atoms. The molecule has 1 aliphatic carbocycles. The third kappa shape index (κ3) is 2.20. The lowest BCUT2D eigenvalue weighted by Crippen LogP contribution is -2.16. The Morgan fingerprint density at radius 2 is 2.20 bits per heavy atom. The van der Waals surface area contributed by atoms with E-state index in [0.29, 0.717) is 5.92 Å². The molecule has 0 aromatic carbocycles. The molecule has 0 amide bonds. The van der Waals surface area contributed by atoms with E-state index in [2.05, 4.69) is 27.4 Å². The molecule has 1 fully saturated rings. The lowest BCUT2D eigenvalue weighted by molar-refractivity contribution is 0.545. The zero-order chi connectivity index (χ0) is 10.7. The molecule has 0 aliphatic heterocycles. The average molecular weight is 208 g/mol. The molecule has 0 saturated heterocycles. The minimum absolute atomic E-state index is 0.288. The fraction of sp³-hybridized carbons (Fsp3) is 0.818. The summed E-state index contributed by atoms with van der Waals surface area (Å²) in [6, 6.07) is 0.288. The van der Waals surface area contributed by atoms with E-state index in [9.17, 15) is 0 Å². The molecule has 1 aromatic heterocycles. The molecule has 1 unspecified atom stereocenters. The highest BCUT2D eigenvalue weighted by atomic mass is 15.2. The van der Waals surface area contributed by atoms with Crippen molar-refractivity contribution in [1.82, 2.24) is 20.5 Å². The van der Waals surface area contributed by atoms with Crippen LogP contribution in [0, 0.1) is 0 Å². The molecule has 84 valence electrons. The highest BCUT2D eigenvalue weighted by Crippen LogP contribution is 2.32. The SMILES string of the molecule is CCC(NC)c1n[nH]c(C2CCCC2)n1. The Labute approximate surface area is 90.9 Å². The van der Waals surface area contributed by atoms with Gasteiger partial charge >= 0.3 is 0 Å². The molecular formula is C11H20N4. The van der Waals surface area contributed by atoms with Crippen LogP contribution in [0.15, 0.2) is 0 Å². The molecule has 1 heterocycles. The summed E-state index contributed by atoms with van der Waals surface area (Å²) < 4.78 is 0. The van der Waals surface area contributed by atoms with Gasteiger partial charge in [0.05, 0.1) is 6.04 Å². The Balaban J connectivity index is 2.08. The predicted molar refractivity (Wildman–Crippen MR) is 59.7 cm³/mol. The Morgan fingerprint density at radius 1 is 1.47 bits per heavy atom. The largest absolute Gasteiger partial charge is 0.310 e. The second-order valence-corrected chi connectivity index (χ2v) is 4.31. The summed E-state index contributed by atoms with van der Waals surface area (Å²) in [5.41, 5.74) is 0. The molecule has 15 heavy (non-hydrogen) atoms. The molecule has 2 N–H and O–H groups in total. The Kier molecular flexibility index (Phi) is 3.36. The standard InChI is InChI=1S/C11H20N4/c1-3-9(12-2)11-13-10(14-15-11)8-6-4-5-7-8/h8-9,12H,3-7H2,1-2H3,(H,13,14,15). The van der Waals surface area contributed by atoms with Gasteiger partial charge in [0.15, 0.2) is 5.82 Å². The van der Waals surface area contributed by atoms with Crippen LogP contribution in [-0.2, 0) is 0 Å². The summed E-state index contributed by atoms with van der Waals surface area (Å²) in [6.45, 7) is 2.15. The molecule has 1 saturated carbocycles. The van der Waals surface area contributed by atoms with E-state index in [-0.39, 0.29) is 6.04 Å². The first-order chi connectivity index (χ1) is 7.35. The van der Waals surface area contributed by atoms with Crippen LogP contribution in [0.3, 0.4) is 0 Å². The van der Waals surface area contributed by atoms with Gasteiger partial charge in [-0.15, -0.1) is 0 Å². The van der Waals surface area contributed by atoms with Gasteiger partial charge in [-0.3, -0.25) is 5.10 Å². The molecule has 1 atom stereocenters. The van der Waals surface area contributed by atoms with Gasteiger partial charge in [0.1, 0.15) is 5.82 Å². The van der Waals surface area contributed by atoms with Crippen molar-refractivity contribution in [3.63, 3.8) is 0 Å². The fourth-order valence-electron chi connectivity index (χ4n) is 2.34. The van der Waals surface area contributed by atoms with Crippen molar-refractivity contribution in [2.45, 2.75) is 51.0 Å². The Bertz CT molecular complexity index is 281. The first kappa shape index (κ1) is 10.6. The third-order valence-electron chi connectivity index (χ3n) is 3.33. The van der Waals surface area contributed by atoms with Gasteiger partial charge in [-0.1, -0.05) is 19.8 Å². The average Bonchev–Trinajstić information content (AvgIpc) is 2.89. The summed E-state index contributed by atoms with van der Waals surface area (Å²) in [4.78, 5) is 4.61. The normalized spacial score (nSPS) is 19.6. The maximum absolute atomic E-state index is 4.61. The van der Waals surface area contributed by atoms with Crippen LogP contribution in [-0.4, -0.2) is 22.2 Å². The van der Waals surface area contributed by atoms with E-state index in [1.165, 1.54) is 25.7 Å². The zero-order valence-electron chi connectivity index (χ0n) is 9.58. The van der Waals surface area contributed by atoms with E-state index in [0.717, 1.165) is 18.1 Å². The van der Waals surface area contributed by atoms with Crippen molar-refractivity contribution in [2.24, 2.45) is 0 Å². The number of H-pyrrole nitrogens is 1. The van der Waals surface area contributed by atoms with Crippen LogP contribution >= 0.6 is 0 Å². The lowest BCUT2D eigenvalue weighted by atomic mass is 10.1. The number of aromatic nitrogens is 3. The van der Waals surface area contributed by atoms with E-state index in [4.69, 9.17) is 0 Å². The molecule has 0 bridgehead atoms. The first-order valence-corrected chi connectivity index (χ1v) is 5.94. The maximum atomic E-state index is 4.61. The number of nitrogens with zero attached hydrogens (tertiary/aromatic N) is 2. The van der Waals surface area contributed by atoms with Gasteiger partial charge in [-0.25, -0.2) is 4.98 Å². The fourth-order valence-corrected chi connectivity index (χ4v) is 2.34. The highest BCUT2D eigenvalue weighted by Gasteiger charge is 2.22. The maximum Gasteiger partial charge on any atom is 0.167 e. The van der Waals surface area contributed by atoms with Crippen LogP contribution in [0.25, 0.3) is 0 Å². The highest BCUT2D eigenvalue weighted by molar-refractivity contribution is 5.02. The quantitative estimate of drug-likeness (QED) is 0.797. The Hall–Kier alpha value is -0.900. The summed E-state index contributed by atoms with van der Waals surface area (Å²) >= 11 is 0. The van der Waals surface area contributed by atoms with Gasteiger partial charge in [0, 0.05) is 5.92 Å². The van der Waals surface area contributed by atoms with Gasteiger partial charge < -0.3 is 5.32 Å². The van der Waals surface area contributed by atoms with Crippen LogP contribution < -0.4 is 5.32 Å². The topological polar surface area (TPSA) is 53.6 Å². The minimum Gasteiger partial charge on any atom is -0.310 e. The molecule has 1 aliphatic rings. The first-order valence-electron chi connectivity index (χ1n) is 5.94. The molecule has 4 heteroatoms. The van der Waals surface area contributed by atoms with E-state index >= 15 is 0 Å². The molecule has 0 radical (unpaired) electrons. The smallest absolute Gasteiger partial charge is 0.167 e. The van der Waals surface area contributed by atoms with Crippen LogP contribution in [0.5, 0.6) is 0 Å². The second kappa shape index (κ2) is 4.75. The summed E-state index contributed by atoms with van der Waals surface area (Å²) in [5, 5.41) is 10.6. The number of aromatic amines is 1. The van der Waals surface area contributed by atoms with Gasteiger partial charge in [0.25, 0.3) is 0 Å². The van der Waals surface area contributed by atoms with E-state index < -0.39 is 0 Å². The summed E-state index contributed by atoms with van der Waals surface area (Å²) in [7, 11) is 1.96. The minimum atomic E-state index is 0.288. The molecule has 4 nitrogen and oxygen atoms in total. The summed E-state index contributed by atoms with van der Waals surface area (Å²) in [5.74, 6) is 2.64. The van der Waals surface area contributed by atoms with Crippen LogP contribution in [0.4, 0.5) is 0 Å². The predicted octanol–water partition coefficient (Wildman–Crippen LogP) is 2.13. The Morgan fingerprint density at radius 3 is 2.80 bits per heavy atom. The van der Waals surface area contributed by atoms with Crippen LogP contribution in [0.2, 0.25) is 0 Å².